The van der Waals surface area contributed by atoms with E-state index in [4.69, 9.17) is 11.6 Å². The summed E-state index contributed by atoms with van der Waals surface area (Å²) in [4.78, 5) is 27.8. The van der Waals surface area contributed by atoms with Crippen molar-refractivity contribution < 1.29 is 18.0 Å². The van der Waals surface area contributed by atoms with Crippen LogP contribution < -0.4 is 9.62 Å². The van der Waals surface area contributed by atoms with Crippen molar-refractivity contribution in [3.8, 4) is 0 Å². The van der Waals surface area contributed by atoms with E-state index in [2.05, 4.69) is 5.32 Å². The highest BCUT2D eigenvalue weighted by atomic mass is 35.5. The van der Waals surface area contributed by atoms with Crippen LogP contribution in [-0.4, -0.2) is 50.5 Å². The quantitative estimate of drug-likeness (QED) is 0.474. The molecule has 0 saturated heterocycles. The topological polar surface area (TPSA) is 86.8 Å². The van der Waals surface area contributed by atoms with Gasteiger partial charge >= 0.3 is 0 Å². The van der Waals surface area contributed by atoms with E-state index in [0.717, 1.165) is 21.7 Å². The van der Waals surface area contributed by atoms with Crippen molar-refractivity contribution in [2.45, 2.75) is 53.1 Å². The lowest BCUT2D eigenvalue weighted by molar-refractivity contribution is -0.139. The highest BCUT2D eigenvalue weighted by Gasteiger charge is 2.30. The predicted molar refractivity (Wildman–Crippen MR) is 142 cm³/mol. The molecular formula is C26H36ClN3O4S. The second kappa shape index (κ2) is 12.4. The molecule has 2 aromatic carbocycles. The summed E-state index contributed by atoms with van der Waals surface area (Å²) in [5.41, 5.74) is 2.19. The van der Waals surface area contributed by atoms with Gasteiger partial charge in [-0.2, -0.15) is 0 Å². The number of nitrogens with zero attached hydrogens (tertiary/aromatic N) is 2. The van der Waals surface area contributed by atoms with Gasteiger partial charge in [0.05, 0.1) is 11.9 Å². The lowest BCUT2D eigenvalue weighted by Gasteiger charge is -2.31. The van der Waals surface area contributed by atoms with E-state index in [-0.39, 0.29) is 24.3 Å². The largest absolute Gasteiger partial charge is 0.354 e. The third kappa shape index (κ3) is 8.54. The van der Waals surface area contributed by atoms with Crippen molar-refractivity contribution in [2.24, 2.45) is 5.92 Å². The number of hydrogen-bond acceptors (Lipinski definition) is 4. The molecule has 0 heterocycles. The molecule has 0 radical (unpaired) electrons. The molecule has 7 nitrogen and oxygen atoms in total. The SMILES string of the molecule is CC(C)CNC(=O)C(C)N(Cc1cccc(Cl)c1)C(=O)CN(c1ccc(C(C)C)cc1)S(C)(=O)=O. The van der Waals surface area contributed by atoms with Gasteiger partial charge in [0.2, 0.25) is 21.8 Å². The Labute approximate surface area is 214 Å². The van der Waals surface area contributed by atoms with Gasteiger partial charge in [-0.25, -0.2) is 8.42 Å². The van der Waals surface area contributed by atoms with Crippen molar-refractivity contribution in [3.63, 3.8) is 0 Å². The number of nitrogens with one attached hydrogen (secondary N) is 1. The summed E-state index contributed by atoms with van der Waals surface area (Å²) in [5.74, 6) is -0.259. The number of benzene rings is 2. The van der Waals surface area contributed by atoms with Crippen LogP contribution in [0.15, 0.2) is 48.5 Å². The highest BCUT2D eigenvalue weighted by Crippen LogP contribution is 2.23. The fourth-order valence-corrected chi connectivity index (χ4v) is 4.57. The minimum absolute atomic E-state index is 0.111. The molecule has 0 aromatic heterocycles. The molecule has 0 aliphatic rings. The lowest BCUT2D eigenvalue weighted by Crippen LogP contribution is -2.51. The minimum atomic E-state index is -3.76. The molecule has 35 heavy (non-hydrogen) atoms. The average Bonchev–Trinajstić information content (AvgIpc) is 2.78. The molecule has 1 atom stereocenters. The van der Waals surface area contributed by atoms with Gasteiger partial charge in [-0.05, 0) is 54.2 Å². The van der Waals surface area contributed by atoms with Crippen molar-refractivity contribution in [2.75, 3.05) is 23.7 Å². The average molecular weight is 522 g/mol. The molecule has 0 aliphatic heterocycles. The Morgan fingerprint density at radius 1 is 1.00 bits per heavy atom. The van der Waals surface area contributed by atoms with E-state index >= 15 is 0 Å². The van der Waals surface area contributed by atoms with Crippen LogP contribution in [-0.2, 0) is 26.2 Å². The second-order valence-electron chi connectivity index (χ2n) is 9.48. The molecule has 0 spiro atoms. The number of anilines is 1. The van der Waals surface area contributed by atoms with Crippen LogP contribution in [0.2, 0.25) is 5.02 Å². The van der Waals surface area contributed by atoms with Crippen molar-refractivity contribution >= 4 is 39.1 Å². The monoisotopic (exact) mass is 521 g/mol. The van der Waals surface area contributed by atoms with Gasteiger partial charge in [0, 0.05) is 18.1 Å². The summed E-state index contributed by atoms with van der Waals surface area (Å²) in [6.45, 7) is 9.85. The van der Waals surface area contributed by atoms with Crippen molar-refractivity contribution in [3.05, 3.63) is 64.7 Å². The van der Waals surface area contributed by atoms with Crippen LogP contribution in [0.5, 0.6) is 0 Å². The van der Waals surface area contributed by atoms with Gasteiger partial charge in [0.1, 0.15) is 12.6 Å². The fraction of sp³-hybridized carbons (Fsp3) is 0.462. The molecule has 2 rings (SSSR count). The highest BCUT2D eigenvalue weighted by molar-refractivity contribution is 7.92. The summed E-state index contributed by atoms with van der Waals surface area (Å²) in [6, 6.07) is 13.3. The normalized spacial score (nSPS) is 12.5. The third-order valence-corrected chi connectivity index (χ3v) is 7.00. The van der Waals surface area contributed by atoms with Gasteiger partial charge in [-0.3, -0.25) is 13.9 Å². The first-order valence-corrected chi connectivity index (χ1v) is 13.9. The predicted octanol–water partition coefficient (Wildman–Crippen LogP) is 4.42. The number of hydrogen-bond donors (Lipinski definition) is 1. The van der Waals surface area contributed by atoms with Crippen LogP contribution >= 0.6 is 11.6 Å². The maximum Gasteiger partial charge on any atom is 0.244 e. The first-order valence-electron chi connectivity index (χ1n) is 11.7. The van der Waals surface area contributed by atoms with E-state index in [9.17, 15) is 18.0 Å². The van der Waals surface area contributed by atoms with Crippen LogP contribution in [0.25, 0.3) is 0 Å². The summed E-state index contributed by atoms with van der Waals surface area (Å²) in [6.07, 6.45) is 1.07. The van der Waals surface area contributed by atoms with Crippen molar-refractivity contribution in [1.82, 2.24) is 10.2 Å². The molecule has 0 aliphatic carbocycles. The summed E-state index contributed by atoms with van der Waals surface area (Å²) in [7, 11) is -3.76. The molecule has 1 unspecified atom stereocenters. The Morgan fingerprint density at radius 2 is 1.63 bits per heavy atom. The zero-order chi connectivity index (χ0) is 26.3. The Kier molecular flexibility index (Phi) is 10.2. The minimum Gasteiger partial charge on any atom is -0.354 e. The Morgan fingerprint density at radius 3 is 2.14 bits per heavy atom. The number of sulfonamides is 1. The molecule has 0 fully saturated rings. The number of carbonyl (C=O) groups excluding carboxylic acids is 2. The van der Waals surface area contributed by atoms with E-state index < -0.39 is 28.5 Å². The van der Waals surface area contributed by atoms with Crippen molar-refractivity contribution in [1.29, 1.82) is 0 Å². The standard InChI is InChI=1S/C26H36ClN3O4S/c1-18(2)15-28-26(32)20(5)29(16-21-8-7-9-23(27)14-21)25(31)17-30(35(6,33)34)24-12-10-22(11-13-24)19(3)4/h7-14,18-20H,15-17H2,1-6H3,(H,28,32). The Hall–Kier alpha value is -2.58. The van der Waals surface area contributed by atoms with E-state index in [0.29, 0.717) is 17.3 Å². The zero-order valence-electron chi connectivity index (χ0n) is 21.3. The van der Waals surface area contributed by atoms with E-state index in [1.165, 1.54) is 4.90 Å². The number of amides is 2. The Bertz CT molecular complexity index is 1120. The first-order chi connectivity index (χ1) is 16.3. The van der Waals surface area contributed by atoms with Crippen LogP contribution in [0.3, 0.4) is 0 Å². The second-order valence-corrected chi connectivity index (χ2v) is 11.8. The zero-order valence-corrected chi connectivity index (χ0v) is 22.9. The van der Waals surface area contributed by atoms with Crippen LogP contribution in [0.4, 0.5) is 5.69 Å². The van der Waals surface area contributed by atoms with Crippen LogP contribution in [0, 0.1) is 5.92 Å². The number of rotatable bonds is 11. The molecule has 9 heteroatoms. The van der Waals surface area contributed by atoms with Gasteiger partial charge in [-0.15, -0.1) is 0 Å². The maximum absolute atomic E-state index is 13.5. The molecule has 0 saturated carbocycles. The van der Waals surface area contributed by atoms with Gasteiger partial charge < -0.3 is 10.2 Å². The molecule has 2 amide bonds. The molecular weight excluding hydrogens is 486 g/mol. The fourth-order valence-electron chi connectivity index (χ4n) is 3.51. The van der Waals surface area contributed by atoms with Gasteiger partial charge in [0.15, 0.2) is 0 Å². The van der Waals surface area contributed by atoms with Gasteiger partial charge in [-0.1, -0.05) is 63.6 Å². The first kappa shape index (κ1) is 28.7. The molecule has 192 valence electrons. The van der Waals surface area contributed by atoms with Crippen LogP contribution in [0.1, 0.15) is 51.7 Å². The smallest absolute Gasteiger partial charge is 0.244 e. The lowest BCUT2D eigenvalue weighted by atomic mass is 10.0. The summed E-state index contributed by atoms with van der Waals surface area (Å²) in [5, 5.41) is 3.36. The Balaban J connectivity index is 2.36. The molecule has 0 bridgehead atoms. The number of halogens is 1. The maximum atomic E-state index is 13.5. The number of carbonyl (C=O) groups is 2. The molecule has 1 N–H and O–H groups in total. The van der Waals surface area contributed by atoms with Gasteiger partial charge in [0.25, 0.3) is 0 Å². The summed E-state index contributed by atoms with van der Waals surface area (Å²) >= 11 is 6.12. The van der Waals surface area contributed by atoms with E-state index in [1.54, 1.807) is 37.3 Å². The van der Waals surface area contributed by atoms with E-state index in [1.807, 2.05) is 45.9 Å². The molecule has 2 aromatic rings. The summed E-state index contributed by atoms with van der Waals surface area (Å²) < 4.78 is 26.4. The third-order valence-electron chi connectivity index (χ3n) is 5.62.